The van der Waals surface area contributed by atoms with Crippen molar-refractivity contribution in [3.8, 4) is 44.5 Å². The Kier molecular flexibility index (Phi) is 5.54. The van der Waals surface area contributed by atoms with Crippen LogP contribution in [0, 0.1) is 0 Å². The second-order valence-corrected chi connectivity index (χ2v) is 12.3. The lowest BCUT2D eigenvalue weighted by atomic mass is 9.83. The Morgan fingerprint density at radius 1 is 0.326 bits per heavy atom. The van der Waals surface area contributed by atoms with Crippen molar-refractivity contribution < 1.29 is 0 Å². The van der Waals surface area contributed by atoms with Gasteiger partial charge < -0.3 is 0 Å². The molecule has 0 saturated heterocycles. The van der Waals surface area contributed by atoms with E-state index in [0.717, 1.165) is 0 Å². The number of benzene rings is 8. The van der Waals surface area contributed by atoms with Gasteiger partial charge in [0, 0.05) is 15.2 Å². The monoisotopic (exact) mass is 562 g/mol. The molecule has 1 heteroatoms. The molecular formula is C42H26S. The quantitative estimate of drug-likeness (QED) is 0.193. The molecule has 9 rings (SSSR count). The molecule has 8 aromatic carbocycles. The summed E-state index contributed by atoms with van der Waals surface area (Å²) in [6.07, 6.45) is 0. The normalized spacial score (nSPS) is 12.1. The predicted octanol–water partition coefficient (Wildman–Crippen LogP) is 12.3. The number of rotatable bonds is 3. The van der Waals surface area contributed by atoms with Gasteiger partial charge in [-0.15, -0.1) is 0 Å². The zero-order valence-corrected chi connectivity index (χ0v) is 24.2. The van der Waals surface area contributed by atoms with Crippen molar-refractivity contribution in [1.82, 2.24) is 0 Å². The van der Waals surface area contributed by atoms with Crippen LogP contribution in [0.3, 0.4) is 0 Å². The van der Waals surface area contributed by atoms with Crippen LogP contribution in [0.4, 0.5) is 0 Å². The molecule has 0 aromatic heterocycles. The summed E-state index contributed by atoms with van der Waals surface area (Å²) in [5.41, 5.74) is 10.2. The minimum atomic E-state index is 1.23. The van der Waals surface area contributed by atoms with Gasteiger partial charge in [0.05, 0.1) is 0 Å². The van der Waals surface area contributed by atoms with Crippen molar-refractivity contribution >= 4 is 44.1 Å². The Labute approximate surface area is 255 Å². The number of hydrogen-bond donors (Lipinski definition) is 0. The highest BCUT2D eigenvalue weighted by atomic mass is 32.2. The van der Waals surface area contributed by atoms with Crippen molar-refractivity contribution in [3.05, 3.63) is 158 Å². The van der Waals surface area contributed by atoms with Crippen LogP contribution in [0.2, 0.25) is 0 Å². The van der Waals surface area contributed by atoms with Crippen LogP contribution >= 0.6 is 11.8 Å². The molecule has 200 valence electrons. The van der Waals surface area contributed by atoms with Gasteiger partial charge in [-0.05, 0) is 89.6 Å². The molecule has 0 bridgehead atoms. The fourth-order valence-electron chi connectivity index (χ4n) is 7.02. The van der Waals surface area contributed by atoms with Gasteiger partial charge in [0.1, 0.15) is 0 Å². The van der Waals surface area contributed by atoms with Gasteiger partial charge in [-0.1, -0.05) is 151 Å². The molecule has 0 atom stereocenters. The third kappa shape index (κ3) is 3.79. The van der Waals surface area contributed by atoms with E-state index in [1.165, 1.54) is 86.6 Å². The third-order valence-electron chi connectivity index (χ3n) is 8.86. The summed E-state index contributed by atoms with van der Waals surface area (Å²) in [5.74, 6) is 0. The summed E-state index contributed by atoms with van der Waals surface area (Å²) in [7, 11) is 0. The molecule has 1 heterocycles. The second kappa shape index (κ2) is 9.73. The van der Waals surface area contributed by atoms with Gasteiger partial charge in [0.25, 0.3) is 0 Å². The first kappa shape index (κ1) is 24.5. The molecular weight excluding hydrogens is 537 g/mol. The van der Waals surface area contributed by atoms with Gasteiger partial charge in [-0.3, -0.25) is 0 Å². The minimum Gasteiger partial charge on any atom is -0.0888 e. The van der Waals surface area contributed by atoms with Crippen LogP contribution in [0.5, 0.6) is 0 Å². The molecule has 0 aliphatic carbocycles. The van der Waals surface area contributed by atoms with E-state index in [9.17, 15) is 0 Å². The van der Waals surface area contributed by atoms with Gasteiger partial charge in [-0.2, -0.15) is 0 Å². The maximum Gasteiger partial charge on any atom is 0.0207 e. The van der Waals surface area contributed by atoms with Crippen LogP contribution in [-0.2, 0) is 0 Å². The Morgan fingerprint density at radius 2 is 0.907 bits per heavy atom. The van der Waals surface area contributed by atoms with Crippen molar-refractivity contribution in [2.24, 2.45) is 0 Å². The topological polar surface area (TPSA) is 0 Å². The molecule has 0 spiro atoms. The minimum absolute atomic E-state index is 1.23. The molecule has 0 radical (unpaired) electrons. The smallest absolute Gasteiger partial charge is 0.0207 e. The Balaban J connectivity index is 1.35. The average Bonchev–Trinajstić information content (AvgIpc) is 3.08. The largest absolute Gasteiger partial charge is 0.0888 e. The van der Waals surface area contributed by atoms with E-state index in [2.05, 4.69) is 158 Å². The molecule has 0 saturated carbocycles. The summed E-state index contributed by atoms with van der Waals surface area (Å²) in [4.78, 5) is 2.66. The van der Waals surface area contributed by atoms with E-state index in [-0.39, 0.29) is 0 Å². The molecule has 43 heavy (non-hydrogen) atoms. The van der Waals surface area contributed by atoms with E-state index < -0.39 is 0 Å². The maximum atomic E-state index is 2.43. The first-order valence-electron chi connectivity index (χ1n) is 14.8. The van der Waals surface area contributed by atoms with Gasteiger partial charge in [-0.25, -0.2) is 0 Å². The summed E-state index contributed by atoms with van der Waals surface area (Å²) in [5, 5.41) is 7.78. The SMILES string of the molecule is c1ccc(-c2ccccc2-c2c3ccccc3c(-c3ccc4c(c3)-c3cccc5cccc(c35)S4)c3ccccc23)cc1. The van der Waals surface area contributed by atoms with Crippen LogP contribution < -0.4 is 0 Å². The van der Waals surface area contributed by atoms with Crippen molar-refractivity contribution in [2.75, 3.05) is 0 Å². The average molecular weight is 563 g/mol. The molecule has 0 fully saturated rings. The summed E-state index contributed by atoms with van der Waals surface area (Å²) >= 11 is 1.89. The number of fused-ring (bicyclic) bond motifs is 4. The van der Waals surface area contributed by atoms with Gasteiger partial charge in [0.2, 0.25) is 0 Å². The second-order valence-electron chi connectivity index (χ2n) is 11.2. The van der Waals surface area contributed by atoms with Crippen molar-refractivity contribution in [1.29, 1.82) is 0 Å². The number of hydrogen-bond acceptors (Lipinski definition) is 1. The lowest BCUT2D eigenvalue weighted by Gasteiger charge is -2.23. The molecule has 1 aliphatic rings. The lowest BCUT2D eigenvalue weighted by Crippen LogP contribution is -1.95. The first-order valence-corrected chi connectivity index (χ1v) is 15.6. The van der Waals surface area contributed by atoms with E-state index in [1.807, 2.05) is 11.8 Å². The molecule has 0 amide bonds. The Morgan fingerprint density at radius 3 is 1.63 bits per heavy atom. The van der Waals surface area contributed by atoms with Crippen LogP contribution in [-0.4, -0.2) is 0 Å². The standard InChI is InChI=1S/C42H26S/c1-2-12-27(13-3-1)30-16-4-5-17-31(30)42-34-20-8-6-18-32(34)40(33-19-7-9-21-35(33)42)29-24-25-38-37(26-29)36-22-10-14-28-15-11-23-39(43-38)41(28)36/h1-26H. The fourth-order valence-corrected chi connectivity index (χ4v) is 8.15. The highest BCUT2D eigenvalue weighted by Crippen LogP contribution is 2.51. The van der Waals surface area contributed by atoms with Crippen LogP contribution in [0.15, 0.2) is 168 Å². The van der Waals surface area contributed by atoms with E-state index in [4.69, 9.17) is 0 Å². The first-order chi connectivity index (χ1) is 21.3. The van der Waals surface area contributed by atoms with Gasteiger partial charge >= 0.3 is 0 Å². The highest BCUT2D eigenvalue weighted by Gasteiger charge is 2.22. The van der Waals surface area contributed by atoms with Gasteiger partial charge in [0.15, 0.2) is 0 Å². The van der Waals surface area contributed by atoms with E-state index in [0.29, 0.717) is 0 Å². The molecule has 0 nitrogen and oxygen atoms in total. The fraction of sp³-hybridized carbons (Fsp3) is 0. The zero-order chi connectivity index (χ0) is 28.3. The third-order valence-corrected chi connectivity index (χ3v) is 9.99. The predicted molar refractivity (Wildman–Crippen MR) is 185 cm³/mol. The molecule has 0 N–H and O–H groups in total. The van der Waals surface area contributed by atoms with Crippen LogP contribution in [0.25, 0.3) is 76.8 Å². The summed E-state index contributed by atoms with van der Waals surface area (Å²) in [6.45, 7) is 0. The Hall–Kier alpha value is -5.11. The highest BCUT2D eigenvalue weighted by molar-refractivity contribution is 7.99. The van der Waals surface area contributed by atoms with Crippen LogP contribution in [0.1, 0.15) is 0 Å². The summed E-state index contributed by atoms with van der Waals surface area (Å²) in [6, 6.07) is 57.9. The molecule has 1 aliphatic heterocycles. The van der Waals surface area contributed by atoms with Crippen molar-refractivity contribution in [3.63, 3.8) is 0 Å². The lowest BCUT2D eigenvalue weighted by molar-refractivity contribution is 1.40. The van der Waals surface area contributed by atoms with Crippen molar-refractivity contribution in [2.45, 2.75) is 9.79 Å². The summed E-state index contributed by atoms with van der Waals surface area (Å²) < 4.78 is 0. The van der Waals surface area contributed by atoms with E-state index >= 15 is 0 Å². The molecule has 8 aromatic rings. The van der Waals surface area contributed by atoms with E-state index in [1.54, 1.807) is 0 Å². The maximum absolute atomic E-state index is 2.43. The Bertz CT molecular complexity index is 2300. The zero-order valence-electron chi connectivity index (χ0n) is 23.4. The molecule has 0 unspecified atom stereocenters.